The molecule has 0 bridgehead atoms. The minimum Gasteiger partial charge on any atom is -0.485 e. The van der Waals surface area contributed by atoms with Gasteiger partial charge in [-0.25, -0.2) is 0 Å². The first-order valence-electron chi connectivity index (χ1n) is 6.93. The van der Waals surface area contributed by atoms with Gasteiger partial charge in [-0.3, -0.25) is 9.59 Å². The second-order valence-corrected chi connectivity index (χ2v) is 4.94. The maximum absolute atomic E-state index is 12.5. The molecular formula is C15H19NO5. The first-order chi connectivity index (χ1) is 10.0. The number of amides is 1. The second kappa shape index (κ2) is 6.47. The molecule has 1 amide bonds. The molecule has 0 aromatic heterocycles. The number of carbonyl (C=O) groups excluding carboxylic acids is 1. The Kier molecular flexibility index (Phi) is 4.67. The molecule has 2 unspecified atom stereocenters. The first-order valence-corrected chi connectivity index (χ1v) is 6.93. The Morgan fingerprint density at radius 1 is 1.38 bits per heavy atom. The van der Waals surface area contributed by atoms with E-state index >= 15 is 0 Å². The minimum atomic E-state index is -0.931. The third-order valence-corrected chi connectivity index (χ3v) is 3.41. The number of benzene rings is 1. The molecule has 0 fully saturated rings. The van der Waals surface area contributed by atoms with Crippen molar-refractivity contribution >= 4 is 11.9 Å². The van der Waals surface area contributed by atoms with Crippen molar-refractivity contribution in [2.45, 2.75) is 32.4 Å². The van der Waals surface area contributed by atoms with Crippen LogP contribution in [0.5, 0.6) is 11.5 Å². The van der Waals surface area contributed by atoms with Crippen molar-refractivity contribution in [3.8, 4) is 11.5 Å². The number of carbonyl (C=O) groups is 2. The first kappa shape index (κ1) is 15.2. The normalized spacial score (nSPS) is 17.9. The van der Waals surface area contributed by atoms with Crippen molar-refractivity contribution in [3.05, 3.63) is 24.3 Å². The van der Waals surface area contributed by atoms with Crippen LogP contribution < -0.4 is 9.47 Å². The van der Waals surface area contributed by atoms with E-state index in [1.165, 1.54) is 4.90 Å². The zero-order valence-electron chi connectivity index (χ0n) is 12.1. The predicted octanol–water partition coefficient (Wildman–Crippen LogP) is 1.54. The molecule has 6 nitrogen and oxygen atoms in total. The molecule has 1 aromatic rings. The van der Waals surface area contributed by atoms with Gasteiger partial charge >= 0.3 is 5.97 Å². The van der Waals surface area contributed by atoms with Gasteiger partial charge < -0.3 is 19.5 Å². The number of likely N-dealkylation sites (N-methyl/N-ethyl adjacent to an activating group) is 1. The van der Waals surface area contributed by atoms with Gasteiger partial charge in [0.25, 0.3) is 5.91 Å². The van der Waals surface area contributed by atoms with Gasteiger partial charge in [-0.2, -0.15) is 0 Å². The number of hydrogen-bond donors (Lipinski definition) is 1. The van der Waals surface area contributed by atoms with Crippen molar-refractivity contribution in [2.75, 3.05) is 13.2 Å². The van der Waals surface area contributed by atoms with Crippen LogP contribution in [0.2, 0.25) is 0 Å². The fourth-order valence-electron chi connectivity index (χ4n) is 2.37. The Balaban J connectivity index is 2.07. The highest BCUT2D eigenvalue weighted by Crippen LogP contribution is 2.31. The summed E-state index contributed by atoms with van der Waals surface area (Å²) in [6.45, 7) is 4.09. The van der Waals surface area contributed by atoms with E-state index in [0.29, 0.717) is 18.0 Å². The number of para-hydroxylation sites is 2. The molecular weight excluding hydrogens is 274 g/mol. The van der Waals surface area contributed by atoms with E-state index in [9.17, 15) is 9.59 Å². The number of hydrogen-bond acceptors (Lipinski definition) is 4. The highest BCUT2D eigenvalue weighted by atomic mass is 16.6. The van der Waals surface area contributed by atoms with Crippen LogP contribution in [0.25, 0.3) is 0 Å². The predicted molar refractivity (Wildman–Crippen MR) is 75.5 cm³/mol. The van der Waals surface area contributed by atoms with Crippen LogP contribution in [0, 0.1) is 0 Å². The molecule has 1 aromatic carbocycles. The van der Waals surface area contributed by atoms with Crippen LogP contribution >= 0.6 is 0 Å². The number of carboxylic acids is 1. The number of rotatable bonds is 5. The molecule has 6 heteroatoms. The van der Waals surface area contributed by atoms with E-state index in [1.54, 1.807) is 25.1 Å². The standard InChI is InChI=1S/C15H19NO5/c1-3-16(10(2)8-14(17)18)15(19)13-9-20-11-6-4-5-7-12(11)21-13/h4-7,10,13H,3,8-9H2,1-2H3,(H,17,18). The van der Waals surface area contributed by atoms with Crippen LogP contribution in [0.4, 0.5) is 0 Å². The van der Waals surface area contributed by atoms with E-state index in [0.717, 1.165) is 0 Å². The number of nitrogens with zero attached hydrogens (tertiary/aromatic N) is 1. The zero-order chi connectivity index (χ0) is 15.4. The fraction of sp³-hybridized carbons (Fsp3) is 0.467. The summed E-state index contributed by atoms with van der Waals surface area (Å²) in [5, 5.41) is 8.86. The third-order valence-electron chi connectivity index (χ3n) is 3.41. The Hall–Kier alpha value is -2.24. The summed E-state index contributed by atoms with van der Waals surface area (Å²) in [7, 11) is 0. The largest absolute Gasteiger partial charge is 0.485 e. The van der Waals surface area contributed by atoms with Gasteiger partial charge in [0.15, 0.2) is 11.5 Å². The summed E-state index contributed by atoms with van der Waals surface area (Å²) in [5.41, 5.74) is 0. The van der Waals surface area contributed by atoms with Crippen LogP contribution in [0.15, 0.2) is 24.3 Å². The lowest BCUT2D eigenvalue weighted by atomic mass is 10.1. The monoisotopic (exact) mass is 293 g/mol. The van der Waals surface area contributed by atoms with Crippen LogP contribution in [-0.4, -0.2) is 47.2 Å². The van der Waals surface area contributed by atoms with Gasteiger partial charge in [0.05, 0.1) is 6.42 Å². The third kappa shape index (κ3) is 3.45. The molecule has 1 aliphatic rings. The fourth-order valence-corrected chi connectivity index (χ4v) is 2.37. The Labute approximate surface area is 123 Å². The summed E-state index contributed by atoms with van der Waals surface area (Å²) in [6.07, 6.45) is -0.833. The molecule has 2 atom stereocenters. The molecule has 1 N–H and O–H groups in total. The molecule has 114 valence electrons. The van der Waals surface area contributed by atoms with Crippen LogP contribution in [0.3, 0.4) is 0 Å². The maximum Gasteiger partial charge on any atom is 0.305 e. The van der Waals surface area contributed by atoms with Gasteiger partial charge in [-0.1, -0.05) is 12.1 Å². The molecule has 0 spiro atoms. The molecule has 2 rings (SSSR count). The lowest BCUT2D eigenvalue weighted by Gasteiger charge is -2.33. The summed E-state index contributed by atoms with van der Waals surface area (Å²) in [6, 6.07) is 6.77. The number of ether oxygens (including phenoxy) is 2. The molecule has 0 saturated heterocycles. The average Bonchev–Trinajstić information content (AvgIpc) is 2.46. The lowest BCUT2D eigenvalue weighted by Crippen LogP contribution is -2.50. The topological polar surface area (TPSA) is 76.1 Å². The van der Waals surface area contributed by atoms with E-state index in [-0.39, 0.29) is 25.0 Å². The van der Waals surface area contributed by atoms with Crippen molar-refractivity contribution in [2.24, 2.45) is 0 Å². The van der Waals surface area contributed by atoms with E-state index < -0.39 is 12.1 Å². The SMILES string of the molecule is CCN(C(=O)C1COc2ccccc2O1)C(C)CC(=O)O. The smallest absolute Gasteiger partial charge is 0.305 e. The molecule has 0 radical (unpaired) electrons. The van der Waals surface area contributed by atoms with Crippen LogP contribution in [0.1, 0.15) is 20.3 Å². The minimum absolute atomic E-state index is 0.0935. The number of aliphatic carboxylic acids is 1. The van der Waals surface area contributed by atoms with Gasteiger partial charge in [-0.15, -0.1) is 0 Å². The van der Waals surface area contributed by atoms with Crippen molar-refractivity contribution in [1.29, 1.82) is 0 Å². The zero-order valence-corrected chi connectivity index (χ0v) is 12.1. The van der Waals surface area contributed by atoms with Gasteiger partial charge in [0.2, 0.25) is 6.10 Å². The summed E-state index contributed by atoms with van der Waals surface area (Å²) >= 11 is 0. The highest BCUT2D eigenvalue weighted by Gasteiger charge is 2.32. The Morgan fingerprint density at radius 3 is 2.67 bits per heavy atom. The van der Waals surface area contributed by atoms with E-state index in [4.69, 9.17) is 14.6 Å². The Bertz CT molecular complexity index is 531. The number of fused-ring (bicyclic) bond motifs is 1. The molecule has 21 heavy (non-hydrogen) atoms. The molecule has 1 aliphatic heterocycles. The quantitative estimate of drug-likeness (QED) is 0.891. The van der Waals surface area contributed by atoms with Gasteiger partial charge in [-0.05, 0) is 26.0 Å². The van der Waals surface area contributed by atoms with Crippen molar-refractivity contribution in [1.82, 2.24) is 4.90 Å². The highest BCUT2D eigenvalue weighted by molar-refractivity contribution is 5.82. The number of carboxylic acid groups (broad SMARTS) is 1. The van der Waals surface area contributed by atoms with Gasteiger partial charge in [0.1, 0.15) is 6.61 Å². The lowest BCUT2D eigenvalue weighted by molar-refractivity contribution is -0.145. The van der Waals surface area contributed by atoms with E-state index in [2.05, 4.69) is 0 Å². The van der Waals surface area contributed by atoms with Crippen molar-refractivity contribution < 1.29 is 24.2 Å². The average molecular weight is 293 g/mol. The summed E-state index contributed by atoms with van der Waals surface area (Å²) < 4.78 is 11.2. The maximum atomic E-state index is 12.5. The second-order valence-electron chi connectivity index (χ2n) is 4.94. The molecule has 0 saturated carbocycles. The summed E-state index contributed by atoms with van der Waals surface area (Å²) in [4.78, 5) is 24.8. The van der Waals surface area contributed by atoms with Gasteiger partial charge in [0, 0.05) is 12.6 Å². The van der Waals surface area contributed by atoms with E-state index in [1.807, 2.05) is 13.0 Å². The Morgan fingerprint density at radius 2 is 2.05 bits per heavy atom. The summed E-state index contributed by atoms with van der Waals surface area (Å²) in [5.74, 6) is -0.0344. The molecule has 0 aliphatic carbocycles. The van der Waals surface area contributed by atoms with Crippen molar-refractivity contribution in [3.63, 3.8) is 0 Å². The molecule has 1 heterocycles. The van der Waals surface area contributed by atoms with Crippen LogP contribution in [-0.2, 0) is 9.59 Å².